The number of nitrogens with one attached hydrogen (secondary N) is 1. The van der Waals surface area contributed by atoms with E-state index in [0.29, 0.717) is 11.6 Å². The highest BCUT2D eigenvalue weighted by Gasteiger charge is 2.08. The van der Waals surface area contributed by atoms with Crippen molar-refractivity contribution >= 4 is 17.3 Å². The summed E-state index contributed by atoms with van der Waals surface area (Å²) in [4.78, 5) is 3.89. The van der Waals surface area contributed by atoms with Gasteiger partial charge in [-0.1, -0.05) is 23.6 Å². The van der Waals surface area contributed by atoms with Crippen molar-refractivity contribution in [3.05, 3.63) is 35.9 Å². The minimum atomic E-state index is 0.433. The van der Waals surface area contributed by atoms with Gasteiger partial charge < -0.3 is 5.32 Å². The zero-order valence-corrected chi connectivity index (χ0v) is 9.15. The molecule has 0 spiro atoms. The van der Waals surface area contributed by atoms with E-state index in [4.69, 9.17) is 18.0 Å². The van der Waals surface area contributed by atoms with Gasteiger partial charge in [-0.25, -0.2) is 9.67 Å². The van der Waals surface area contributed by atoms with Gasteiger partial charge in [0.05, 0.1) is 17.3 Å². The quantitative estimate of drug-likeness (QED) is 0.823. The van der Waals surface area contributed by atoms with E-state index in [2.05, 4.69) is 21.3 Å². The fourth-order valence-electron chi connectivity index (χ4n) is 1.36. The molecule has 4 nitrogen and oxygen atoms in total. The molecule has 0 fully saturated rings. The Balaban J connectivity index is 2.46. The van der Waals surface area contributed by atoms with Gasteiger partial charge in [-0.05, 0) is 12.1 Å². The lowest BCUT2D eigenvalue weighted by Crippen LogP contribution is -2.05. The maximum Gasteiger partial charge on any atom is 0.138 e. The first-order valence-corrected chi connectivity index (χ1v) is 5.01. The molecule has 2 aromatic rings. The number of aromatic nitrogens is 3. The zero-order chi connectivity index (χ0) is 11.4. The molecule has 1 aromatic carbocycles. The van der Waals surface area contributed by atoms with Gasteiger partial charge in [-0.15, -0.1) is 6.42 Å². The van der Waals surface area contributed by atoms with Crippen molar-refractivity contribution in [1.82, 2.24) is 14.8 Å². The average molecular weight is 233 g/mol. The van der Waals surface area contributed by atoms with Gasteiger partial charge in [0, 0.05) is 0 Å². The summed E-state index contributed by atoms with van der Waals surface area (Å²) in [6, 6.07) is 5.53. The van der Waals surface area contributed by atoms with Gasteiger partial charge >= 0.3 is 0 Å². The second kappa shape index (κ2) is 4.69. The van der Waals surface area contributed by atoms with Crippen LogP contribution in [0.1, 0.15) is 0 Å². The summed E-state index contributed by atoms with van der Waals surface area (Å²) in [7, 11) is 0. The third-order valence-corrected chi connectivity index (χ3v) is 2.32. The molecule has 0 saturated heterocycles. The highest BCUT2D eigenvalue weighted by Crippen LogP contribution is 2.27. The summed E-state index contributed by atoms with van der Waals surface area (Å²) < 4.78 is 1.60. The fourth-order valence-corrected chi connectivity index (χ4v) is 1.62. The summed E-state index contributed by atoms with van der Waals surface area (Å²) in [5.74, 6) is 2.51. The summed E-state index contributed by atoms with van der Waals surface area (Å²) >= 11 is 6.12. The number of hydrogen-bond donors (Lipinski definition) is 1. The number of halogens is 1. The molecule has 1 heterocycles. The van der Waals surface area contributed by atoms with E-state index in [1.165, 1.54) is 6.33 Å². The SMILES string of the molecule is C#CCNc1cccc(Cl)c1-n1cncn1. The molecule has 0 bridgehead atoms. The van der Waals surface area contributed by atoms with Crippen molar-refractivity contribution < 1.29 is 0 Å². The largest absolute Gasteiger partial charge is 0.372 e. The molecule has 0 atom stereocenters. The molecule has 0 aliphatic rings. The van der Waals surface area contributed by atoms with Crippen LogP contribution in [0, 0.1) is 12.3 Å². The number of anilines is 1. The Morgan fingerprint density at radius 3 is 3.06 bits per heavy atom. The van der Waals surface area contributed by atoms with Crippen LogP contribution in [0.4, 0.5) is 5.69 Å². The van der Waals surface area contributed by atoms with Crippen LogP contribution in [0.3, 0.4) is 0 Å². The predicted octanol–water partition coefficient (Wildman–Crippen LogP) is 1.97. The molecular weight excluding hydrogens is 224 g/mol. The lowest BCUT2D eigenvalue weighted by molar-refractivity contribution is 0.880. The van der Waals surface area contributed by atoms with E-state index in [0.717, 1.165) is 11.4 Å². The van der Waals surface area contributed by atoms with Crippen molar-refractivity contribution in [3.8, 4) is 18.0 Å². The molecule has 0 aliphatic heterocycles. The molecule has 0 unspecified atom stereocenters. The Bertz CT molecular complexity index is 513. The van der Waals surface area contributed by atoms with E-state index in [-0.39, 0.29) is 0 Å². The Morgan fingerprint density at radius 2 is 2.38 bits per heavy atom. The normalized spacial score (nSPS) is 9.75. The minimum absolute atomic E-state index is 0.433. The van der Waals surface area contributed by atoms with Crippen molar-refractivity contribution in [2.75, 3.05) is 11.9 Å². The monoisotopic (exact) mass is 232 g/mol. The standard InChI is InChI=1S/C11H9ClN4/c1-2-6-14-10-5-3-4-9(12)11(10)16-8-13-7-15-16/h1,3-5,7-8,14H,6H2. The molecule has 80 valence electrons. The maximum atomic E-state index is 6.12. The smallest absolute Gasteiger partial charge is 0.138 e. The summed E-state index contributed by atoms with van der Waals surface area (Å²) in [6.45, 7) is 0.433. The maximum absolute atomic E-state index is 6.12. The molecule has 0 radical (unpaired) electrons. The van der Waals surface area contributed by atoms with Crippen molar-refractivity contribution in [3.63, 3.8) is 0 Å². The van der Waals surface area contributed by atoms with E-state index < -0.39 is 0 Å². The van der Waals surface area contributed by atoms with Crippen LogP contribution in [-0.2, 0) is 0 Å². The van der Waals surface area contributed by atoms with Crippen molar-refractivity contribution in [1.29, 1.82) is 0 Å². The second-order valence-electron chi connectivity index (χ2n) is 3.03. The first kappa shape index (κ1) is 10.5. The summed E-state index contributed by atoms with van der Waals surface area (Å²) in [5.41, 5.74) is 1.58. The summed E-state index contributed by atoms with van der Waals surface area (Å²) in [5, 5.41) is 7.72. The van der Waals surface area contributed by atoms with Crippen molar-refractivity contribution in [2.45, 2.75) is 0 Å². The summed E-state index contributed by atoms with van der Waals surface area (Å²) in [6.07, 6.45) is 8.24. The minimum Gasteiger partial charge on any atom is -0.372 e. The lowest BCUT2D eigenvalue weighted by atomic mass is 10.2. The van der Waals surface area contributed by atoms with Crippen LogP contribution in [0.15, 0.2) is 30.9 Å². The fraction of sp³-hybridized carbons (Fsp3) is 0.0909. The molecule has 2 rings (SSSR count). The first-order valence-electron chi connectivity index (χ1n) is 4.64. The molecular formula is C11H9ClN4. The third kappa shape index (κ3) is 2.00. The average Bonchev–Trinajstić information content (AvgIpc) is 2.79. The second-order valence-corrected chi connectivity index (χ2v) is 3.44. The Hall–Kier alpha value is -1.99. The van der Waals surface area contributed by atoms with E-state index in [1.54, 1.807) is 17.1 Å². The number of hydrogen-bond acceptors (Lipinski definition) is 3. The third-order valence-electron chi connectivity index (χ3n) is 2.02. The van der Waals surface area contributed by atoms with E-state index in [9.17, 15) is 0 Å². The van der Waals surface area contributed by atoms with Gasteiger partial charge in [0.25, 0.3) is 0 Å². The van der Waals surface area contributed by atoms with Gasteiger partial charge in [0.2, 0.25) is 0 Å². The lowest BCUT2D eigenvalue weighted by Gasteiger charge is -2.11. The molecule has 5 heteroatoms. The Kier molecular flexibility index (Phi) is 3.08. The number of rotatable bonds is 3. The zero-order valence-electron chi connectivity index (χ0n) is 8.39. The highest BCUT2D eigenvalue weighted by molar-refractivity contribution is 6.33. The van der Waals surface area contributed by atoms with E-state index in [1.807, 2.05) is 12.1 Å². The first-order chi connectivity index (χ1) is 7.83. The molecule has 0 amide bonds. The molecule has 0 aliphatic carbocycles. The highest BCUT2D eigenvalue weighted by atomic mass is 35.5. The molecule has 1 aromatic heterocycles. The van der Waals surface area contributed by atoms with Crippen LogP contribution >= 0.6 is 11.6 Å². The number of nitrogens with zero attached hydrogens (tertiary/aromatic N) is 3. The van der Waals surface area contributed by atoms with Crippen LogP contribution < -0.4 is 5.32 Å². The topological polar surface area (TPSA) is 42.7 Å². The Labute approximate surface area is 98.3 Å². The van der Waals surface area contributed by atoms with Crippen LogP contribution in [0.2, 0.25) is 5.02 Å². The van der Waals surface area contributed by atoms with Gasteiger partial charge in [-0.2, -0.15) is 5.10 Å². The van der Waals surface area contributed by atoms with Gasteiger partial charge in [0.1, 0.15) is 18.3 Å². The van der Waals surface area contributed by atoms with Crippen LogP contribution in [0.5, 0.6) is 0 Å². The van der Waals surface area contributed by atoms with Gasteiger partial charge in [0.15, 0.2) is 0 Å². The number of terminal acetylenes is 1. The van der Waals surface area contributed by atoms with Crippen molar-refractivity contribution in [2.24, 2.45) is 0 Å². The Morgan fingerprint density at radius 1 is 1.50 bits per heavy atom. The predicted molar refractivity (Wildman–Crippen MR) is 63.7 cm³/mol. The van der Waals surface area contributed by atoms with Crippen LogP contribution in [0.25, 0.3) is 5.69 Å². The molecule has 16 heavy (non-hydrogen) atoms. The molecule has 1 N–H and O–H groups in total. The molecule has 0 saturated carbocycles. The van der Waals surface area contributed by atoms with Gasteiger partial charge in [-0.3, -0.25) is 0 Å². The number of benzene rings is 1. The van der Waals surface area contributed by atoms with E-state index >= 15 is 0 Å². The number of para-hydroxylation sites is 1. The van der Waals surface area contributed by atoms with Crippen LogP contribution in [-0.4, -0.2) is 21.3 Å².